The van der Waals surface area contributed by atoms with E-state index in [0.29, 0.717) is 11.3 Å². The highest BCUT2D eigenvalue weighted by atomic mass is 19.3. The number of nitrogens with one attached hydrogen (secondary N) is 1. The summed E-state index contributed by atoms with van der Waals surface area (Å²) in [6.07, 6.45) is 2.44. The fourth-order valence-corrected chi connectivity index (χ4v) is 3.39. The standard InChI is InChI=1S/C18H18F3N3O/c1-24-15(11-7-2-3-8-13(11)19)14(10-5-4-6-10)16(23-24)22-17(25)12-9-18(12,20)21/h2-3,7-8,10,12H,4-6,9H2,1H3,(H,22,23,25)/t12-/m0/s1. The number of halogens is 3. The highest BCUT2D eigenvalue weighted by Crippen LogP contribution is 2.50. The lowest BCUT2D eigenvalue weighted by Gasteiger charge is -2.27. The lowest BCUT2D eigenvalue weighted by molar-refractivity contribution is -0.119. The number of aromatic nitrogens is 2. The zero-order valence-electron chi connectivity index (χ0n) is 13.7. The van der Waals surface area contributed by atoms with Gasteiger partial charge in [0, 0.05) is 24.6 Å². The Balaban J connectivity index is 1.74. The van der Waals surface area contributed by atoms with E-state index in [2.05, 4.69) is 10.4 Å². The molecular weight excluding hydrogens is 331 g/mol. The van der Waals surface area contributed by atoms with E-state index < -0.39 is 24.2 Å². The van der Waals surface area contributed by atoms with Crippen molar-refractivity contribution in [2.24, 2.45) is 13.0 Å². The molecule has 0 aliphatic heterocycles. The molecule has 1 N–H and O–H groups in total. The predicted octanol–water partition coefficient (Wildman–Crippen LogP) is 4.09. The minimum Gasteiger partial charge on any atom is -0.309 e. The van der Waals surface area contributed by atoms with Crippen LogP contribution < -0.4 is 5.32 Å². The Hall–Kier alpha value is -2.31. The summed E-state index contributed by atoms with van der Waals surface area (Å²) in [6.45, 7) is 0. The number of carbonyl (C=O) groups excluding carboxylic acids is 1. The maximum Gasteiger partial charge on any atom is 0.260 e. The van der Waals surface area contributed by atoms with Crippen LogP contribution in [0, 0.1) is 11.7 Å². The molecule has 2 aromatic rings. The molecule has 1 atom stereocenters. The van der Waals surface area contributed by atoms with Gasteiger partial charge in [0.1, 0.15) is 11.7 Å². The van der Waals surface area contributed by atoms with Gasteiger partial charge in [-0.15, -0.1) is 0 Å². The van der Waals surface area contributed by atoms with E-state index in [-0.39, 0.29) is 17.6 Å². The van der Waals surface area contributed by atoms with Gasteiger partial charge in [0.15, 0.2) is 5.82 Å². The molecule has 7 heteroatoms. The molecule has 0 unspecified atom stereocenters. The van der Waals surface area contributed by atoms with Gasteiger partial charge in [-0.05, 0) is 30.9 Å². The van der Waals surface area contributed by atoms with Crippen LogP contribution in [0.15, 0.2) is 24.3 Å². The molecule has 2 saturated carbocycles. The lowest BCUT2D eigenvalue weighted by atomic mass is 9.78. The first-order valence-electron chi connectivity index (χ1n) is 8.39. The van der Waals surface area contributed by atoms with E-state index in [1.165, 1.54) is 10.7 Å². The zero-order valence-corrected chi connectivity index (χ0v) is 13.7. The van der Waals surface area contributed by atoms with Crippen LogP contribution in [0.2, 0.25) is 0 Å². The van der Waals surface area contributed by atoms with Crippen LogP contribution in [0.1, 0.15) is 37.2 Å². The molecule has 132 valence electrons. The molecular formula is C18H18F3N3O. The summed E-state index contributed by atoms with van der Waals surface area (Å²) in [7, 11) is 1.67. The summed E-state index contributed by atoms with van der Waals surface area (Å²) in [5.41, 5.74) is 1.74. The fourth-order valence-electron chi connectivity index (χ4n) is 3.39. The second-order valence-corrected chi connectivity index (χ2v) is 6.85. The summed E-state index contributed by atoms with van der Waals surface area (Å²) in [5.74, 6) is -4.89. The largest absolute Gasteiger partial charge is 0.309 e. The van der Waals surface area contributed by atoms with Crippen LogP contribution >= 0.6 is 0 Å². The normalized spacial score (nSPS) is 21.7. The van der Waals surface area contributed by atoms with Gasteiger partial charge in [0.25, 0.3) is 5.92 Å². The van der Waals surface area contributed by atoms with Gasteiger partial charge in [-0.25, -0.2) is 13.2 Å². The van der Waals surface area contributed by atoms with Gasteiger partial charge < -0.3 is 5.32 Å². The maximum absolute atomic E-state index is 14.3. The summed E-state index contributed by atoms with van der Waals surface area (Å²) < 4.78 is 42.1. The summed E-state index contributed by atoms with van der Waals surface area (Å²) in [4.78, 5) is 12.1. The maximum atomic E-state index is 14.3. The number of carbonyl (C=O) groups is 1. The molecule has 0 spiro atoms. The van der Waals surface area contributed by atoms with E-state index in [1.54, 1.807) is 25.2 Å². The van der Waals surface area contributed by atoms with Crippen molar-refractivity contribution in [1.82, 2.24) is 9.78 Å². The number of hydrogen-bond donors (Lipinski definition) is 1. The van der Waals surface area contributed by atoms with Crippen LogP contribution in [0.3, 0.4) is 0 Å². The molecule has 1 amide bonds. The highest BCUT2D eigenvalue weighted by molar-refractivity contribution is 5.96. The topological polar surface area (TPSA) is 46.9 Å². The SMILES string of the molecule is Cn1nc(NC(=O)[C@@H]2CC2(F)F)c(C2CCC2)c1-c1ccccc1F. The molecule has 0 bridgehead atoms. The van der Waals surface area contributed by atoms with Crippen LogP contribution in [-0.4, -0.2) is 21.6 Å². The summed E-state index contributed by atoms with van der Waals surface area (Å²) in [6, 6.07) is 6.38. The van der Waals surface area contributed by atoms with E-state index in [9.17, 15) is 18.0 Å². The molecule has 2 aliphatic rings. The number of hydrogen-bond acceptors (Lipinski definition) is 2. The third-order valence-corrected chi connectivity index (χ3v) is 5.11. The smallest absolute Gasteiger partial charge is 0.260 e. The fraction of sp³-hybridized carbons (Fsp3) is 0.444. The Bertz CT molecular complexity index is 842. The number of nitrogens with zero attached hydrogens (tertiary/aromatic N) is 2. The van der Waals surface area contributed by atoms with Gasteiger partial charge in [-0.2, -0.15) is 5.10 Å². The quantitative estimate of drug-likeness (QED) is 0.904. The van der Waals surface area contributed by atoms with Gasteiger partial charge in [-0.1, -0.05) is 18.6 Å². The van der Waals surface area contributed by atoms with Gasteiger partial charge in [0.2, 0.25) is 5.91 Å². The molecule has 4 rings (SSSR count). The average Bonchev–Trinajstić information content (AvgIpc) is 3.04. The van der Waals surface area contributed by atoms with E-state index >= 15 is 0 Å². The Morgan fingerprint density at radius 1 is 1.32 bits per heavy atom. The van der Waals surface area contributed by atoms with E-state index in [1.807, 2.05) is 0 Å². The molecule has 1 aromatic carbocycles. The van der Waals surface area contributed by atoms with Gasteiger partial charge >= 0.3 is 0 Å². The first-order chi connectivity index (χ1) is 11.9. The highest BCUT2D eigenvalue weighted by Gasteiger charge is 2.61. The minimum atomic E-state index is -2.93. The van der Waals surface area contributed by atoms with Crippen molar-refractivity contribution >= 4 is 11.7 Å². The molecule has 0 saturated heterocycles. The van der Waals surface area contributed by atoms with Crippen LogP contribution in [0.25, 0.3) is 11.3 Å². The van der Waals surface area contributed by atoms with Crippen LogP contribution in [-0.2, 0) is 11.8 Å². The average molecular weight is 349 g/mol. The molecule has 25 heavy (non-hydrogen) atoms. The Morgan fingerprint density at radius 2 is 2.00 bits per heavy atom. The second-order valence-electron chi connectivity index (χ2n) is 6.85. The predicted molar refractivity (Wildman–Crippen MR) is 86.9 cm³/mol. The molecule has 1 heterocycles. The van der Waals surface area contributed by atoms with E-state index in [4.69, 9.17) is 0 Å². The third-order valence-electron chi connectivity index (χ3n) is 5.11. The molecule has 4 nitrogen and oxygen atoms in total. The van der Waals surface area contributed by atoms with Crippen molar-refractivity contribution in [2.45, 2.75) is 37.5 Å². The number of amides is 1. The van der Waals surface area contributed by atoms with Gasteiger partial charge in [-0.3, -0.25) is 9.48 Å². The minimum absolute atomic E-state index is 0.151. The van der Waals surface area contributed by atoms with Crippen molar-refractivity contribution in [1.29, 1.82) is 0 Å². The number of aryl methyl sites for hydroxylation is 1. The molecule has 1 aromatic heterocycles. The van der Waals surface area contributed by atoms with Crippen molar-refractivity contribution in [2.75, 3.05) is 5.32 Å². The van der Waals surface area contributed by atoms with Crippen molar-refractivity contribution in [3.63, 3.8) is 0 Å². The van der Waals surface area contributed by atoms with Crippen molar-refractivity contribution < 1.29 is 18.0 Å². The first-order valence-corrected chi connectivity index (χ1v) is 8.39. The monoisotopic (exact) mass is 349 g/mol. The number of anilines is 1. The molecule has 2 fully saturated rings. The molecule has 2 aliphatic carbocycles. The number of benzene rings is 1. The van der Waals surface area contributed by atoms with Crippen LogP contribution in [0.5, 0.6) is 0 Å². The Labute approximate surface area is 143 Å². The van der Waals surface area contributed by atoms with Crippen LogP contribution in [0.4, 0.5) is 19.0 Å². The summed E-state index contributed by atoms with van der Waals surface area (Å²) in [5, 5.41) is 6.86. The lowest BCUT2D eigenvalue weighted by Crippen LogP contribution is -2.20. The summed E-state index contributed by atoms with van der Waals surface area (Å²) >= 11 is 0. The zero-order chi connectivity index (χ0) is 17.8. The second kappa shape index (κ2) is 5.61. The van der Waals surface area contributed by atoms with Gasteiger partial charge in [0.05, 0.1) is 5.69 Å². The third kappa shape index (κ3) is 2.71. The number of alkyl halides is 2. The van der Waals surface area contributed by atoms with Crippen molar-refractivity contribution in [3.8, 4) is 11.3 Å². The van der Waals surface area contributed by atoms with E-state index in [0.717, 1.165) is 24.8 Å². The Kier molecular flexibility index (Phi) is 3.63. The van der Waals surface area contributed by atoms with Crippen molar-refractivity contribution in [3.05, 3.63) is 35.6 Å². The molecule has 0 radical (unpaired) electrons. The Morgan fingerprint density at radius 3 is 2.56 bits per heavy atom. The first kappa shape index (κ1) is 16.2. The number of rotatable bonds is 4.